The highest BCUT2D eigenvalue weighted by molar-refractivity contribution is 14.0. The van der Waals surface area contributed by atoms with Crippen LogP contribution in [0.5, 0.6) is 0 Å². The maximum Gasteiger partial charge on any atom is 0.211 e. The summed E-state index contributed by atoms with van der Waals surface area (Å²) in [5.74, 6) is 1.12. The van der Waals surface area contributed by atoms with Gasteiger partial charge >= 0.3 is 0 Å². The van der Waals surface area contributed by atoms with Crippen molar-refractivity contribution >= 4 is 40.0 Å². The Balaban J connectivity index is 0.00000576. The van der Waals surface area contributed by atoms with Crippen LogP contribution in [0, 0.1) is 0 Å². The van der Waals surface area contributed by atoms with Crippen LogP contribution in [0.25, 0.3) is 0 Å². The van der Waals surface area contributed by atoms with E-state index in [9.17, 15) is 8.42 Å². The molecule has 0 bridgehead atoms. The van der Waals surface area contributed by atoms with Crippen LogP contribution in [0.3, 0.4) is 0 Å². The van der Waals surface area contributed by atoms with E-state index in [0.29, 0.717) is 25.6 Å². The predicted molar refractivity (Wildman–Crippen MR) is 116 cm³/mol. The Morgan fingerprint density at radius 2 is 1.88 bits per heavy atom. The largest absolute Gasteiger partial charge is 0.356 e. The number of benzene rings is 1. The summed E-state index contributed by atoms with van der Waals surface area (Å²) in [7, 11) is -1.38. The van der Waals surface area contributed by atoms with Gasteiger partial charge in [0.2, 0.25) is 10.0 Å². The highest BCUT2D eigenvalue weighted by Crippen LogP contribution is 2.12. The molecule has 0 aliphatic rings. The smallest absolute Gasteiger partial charge is 0.211 e. The minimum absolute atomic E-state index is 0. The molecular weight excluding hydrogens is 451 g/mol. The van der Waals surface area contributed by atoms with Gasteiger partial charge < -0.3 is 10.6 Å². The van der Waals surface area contributed by atoms with Gasteiger partial charge in [0.15, 0.2) is 5.96 Å². The summed E-state index contributed by atoms with van der Waals surface area (Å²) in [5, 5.41) is 6.53. The molecule has 0 aliphatic carbocycles. The van der Waals surface area contributed by atoms with Crippen molar-refractivity contribution in [2.75, 3.05) is 39.5 Å². The minimum Gasteiger partial charge on any atom is -0.356 e. The Hall–Kier alpha value is -0.870. The number of rotatable bonds is 9. The number of hydrogen-bond acceptors (Lipinski definition) is 3. The van der Waals surface area contributed by atoms with Gasteiger partial charge in [0, 0.05) is 33.2 Å². The number of nitrogens with one attached hydrogen (secondary N) is 2. The van der Waals surface area contributed by atoms with E-state index in [1.165, 1.54) is 16.1 Å². The number of nitrogens with zero attached hydrogens (tertiary/aromatic N) is 2. The van der Waals surface area contributed by atoms with Crippen LogP contribution in [0.15, 0.2) is 35.3 Å². The summed E-state index contributed by atoms with van der Waals surface area (Å²) in [6.07, 6.45) is 1.98. The standard InChI is InChI=1S/C17H30N4O2S.HI/c1-5-21(24(4,22)23)13-9-12-19-17(18-3)20-14-15(2)16-10-7-6-8-11-16;/h6-8,10-11,15H,5,9,12-14H2,1-4H3,(H2,18,19,20);1H. The average molecular weight is 482 g/mol. The molecule has 0 radical (unpaired) electrons. The third-order valence-corrected chi connectivity index (χ3v) is 5.25. The fourth-order valence-electron chi connectivity index (χ4n) is 2.39. The van der Waals surface area contributed by atoms with Crippen LogP contribution in [0.4, 0.5) is 0 Å². The Morgan fingerprint density at radius 1 is 1.24 bits per heavy atom. The summed E-state index contributed by atoms with van der Waals surface area (Å²) in [4.78, 5) is 4.20. The normalized spacial score (nSPS) is 13.2. The van der Waals surface area contributed by atoms with Crippen molar-refractivity contribution < 1.29 is 8.42 Å². The van der Waals surface area contributed by atoms with Crippen LogP contribution < -0.4 is 10.6 Å². The van der Waals surface area contributed by atoms with E-state index in [2.05, 4.69) is 34.7 Å². The second-order valence-electron chi connectivity index (χ2n) is 5.80. The van der Waals surface area contributed by atoms with E-state index in [1.807, 2.05) is 25.1 Å². The van der Waals surface area contributed by atoms with Gasteiger partial charge in [-0.1, -0.05) is 44.2 Å². The monoisotopic (exact) mass is 482 g/mol. The third-order valence-electron chi connectivity index (χ3n) is 3.87. The van der Waals surface area contributed by atoms with Gasteiger partial charge in [0.25, 0.3) is 0 Å². The van der Waals surface area contributed by atoms with Gasteiger partial charge in [-0.2, -0.15) is 0 Å². The number of hydrogen-bond donors (Lipinski definition) is 2. The lowest BCUT2D eigenvalue weighted by molar-refractivity contribution is 0.424. The topological polar surface area (TPSA) is 73.8 Å². The molecule has 0 aliphatic heterocycles. The van der Waals surface area contributed by atoms with Crippen molar-refractivity contribution in [3.05, 3.63) is 35.9 Å². The van der Waals surface area contributed by atoms with Gasteiger partial charge in [0.1, 0.15) is 0 Å². The number of halogens is 1. The molecular formula is C17H31IN4O2S. The third kappa shape index (κ3) is 9.41. The Morgan fingerprint density at radius 3 is 2.40 bits per heavy atom. The molecule has 144 valence electrons. The zero-order valence-corrected chi connectivity index (χ0v) is 18.7. The SMILES string of the molecule is CCN(CCCNC(=NC)NCC(C)c1ccccc1)S(C)(=O)=O.I. The molecule has 0 saturated carbocycles. The molecule has 1 unspecified atom stereocenters. The van der Waals surface area contributed by atoms with Gasteiger partial charge in [-0.15, -0.1) is 24.0 Å². The van der Waals surface area contributed by atoms with Gasteiger partial charge in [-0.05, 0) is 17.9 Å². The van der Waals surface area contributed by atoms with E-state index < -0.39 is 10.0 Å². The molecule has 0 heterocycles. The van der Waals surface area contributed by atoms with Gasteiger partial charge in [-0.25, -0.2) is 12.7 Å². The molecule has 0 saturated heterocycles. The van der Waals surface area contributed by atoms with Crippen LogP contribution >= 0.6 is 24.0 Å². The van der Waals surface area contributed by atoms with Crippen molar-refractivity contribution in [1.29, 1.82) is 0 Å². The zero-order valence-electron chi connectivity index (χ0n) is 15.5. The van der Waals surface area contributed by atoms with Crippen molar-refractivity contribution in [2.45, 2.75) is 26.2 Å². The second-order valence-corrected chi connectivity index (χ2v) is 7.78. The molecule has 0 spiro atoms. The minimum atomic E-state index is -3.11. The number of aliphatic imine (C=N–C) groups is 1. The Bertz CT molecular complexity index is 608. The maximum absolute atomic E-state index is 11.5. The highest BCUT2D eigenvalue weighted by Gasteiger charge is 2.13. The molecule has 25 heavy (non-hydrogen) atoms. The summed E-state index contributed by atoms with van der Waals surface area (Å²) in [6.45, 7) is 6.49. The fourth-order valence-corrected chi connectivity index (χ4v) is 3.32. The zero-order chi connectivity index (χ0) is 18.0. The quantitative estimate of drug-likeness (QED) is 0.245. The van der Waals surface area contributed by atoms with E-state index in [0.717, 1.165) is 18.9 Å². The lowest BCUT2D eigenvalue weighted by atomic mass is 10.0. The Kier molecular flexibility index (Phi) is 12.0. The molecule has 1 atom stereocenters. The summed E-state index contributed by atoms with van der Waals surface area (Å²) in [6, 6.07) is 10.3. The average Bonchev–Trinajstić information content (AvgIpc) is 2.56. The first kappa shape index (κ1) is 24.1. The number of sulfonamides is 1. The van der Waals surface area contributed by atoms with E-state index in [4.69, 9.17) is 0 Å². The first-order chi connectivity index (χ1) is 11.4. The van der Waals surface area contributed by atoms with Gasteiger partial charge in [0.05, 0.1) is 6.26 Å². The summed E-state index contributed by atoms with van der Waals surface area (Å²) >= 11 is 0. The van der Waals surface area contributed by atoms with E-state index >= 15 is 0 Å². The fraction of sp³-hybridized carbons (Fsp3) is 0.588. The van der Waals surface area contributed by atoms with E-state index in [-0.39, 0.29) is 24.0 Å². The highest BCUT2D eigenvalue weighted by atomic mass is 127. The molecule has 1 aromatic carbocycles. The first-order valence-electron chi connectivity index (χ1n) is 8.33. The molecule has 2 N–H and O–H groups in total. The van der Waals surface area contributed by atoms with Crippen molar-refractivity contribution in [3.8, 4) is 0 Å². The van der Waals surface area contributed by atoms with Crippen LogP contribution in [-0.4, -0.2) is 58.2 Å². The van der Waals surface area contributed by atoms with Crippen LogP contribution in [0.2, 0.25) is 0 Å². The van der Waals surface area contributed by atoms with Crippen molar-refractivity contribution in [1.82, 2.24) is 14.9 Å². The molecule has 6 nitrogen and oxygen atoms in total. The summed E-state index contributed by atoms with van der Waals surface area (Å²) in [5.41, 5.74) is 1.28. The molecule has 8 heteroatoms. The van der Waals surface area contributed by atoms with Crippen LogP contribution in [0.1, 0.15) is 31.7 Å². The molecule has 1 aromatic rings. The van der Waals surface area contributed by atoms with Crippen molar-refractivity contribution in [3.63, 3.8) is 0 Å². The molecule has 0 aromatic heterocycles. The van der Waals surface area contributed by atoms with Gasteiger partial charge in [-0.3, -0.25) is 4.99 Å². The second kappa shape index (κ2) is 12.5. The molecule has 0 amide bonds. The van der Waals surface area contributed by atoms with Crippen LogP contribution in [-0.2, 0) is 10.0 Å². The maximum atomic E-state index is 11.5. The van der Waals surface area contributed by atoms with Crippen molar-refractivity contribution in [2.24, 2.45) is 4.99 Å². The predicted octanol–water partition coefficient (Wildman–Crippen LogP) is 2.24. The lowest BCUT2D eigenvalue weighted by Gasteiger charge is -2.19. The van der Waals surface area contributed by atoms with E-state index in [1.54, 1.807) is 7.05 Å². The first-order valence-corrected chi connectivity index (χ1v) is 10.2. The summed E-state index contributed by atoms with van der Waals surface area (Å²) < 4.78 is 24.5. The molecule has 0 fully saturated rings. The number of guanidine groups is 1. The Labute approximate surface area is 169 Å². The lowest BCUT2D eigenvalue weighted by Crippen LogP contribution is -2.40. The molecule has 1 rings (SSSR count).